The first kappa shape index (κ1) is 12.3. The number of allylic oxidation sites excluding steroid dienone is 2. The van der Waals surface area contributed by atoms with E-state index in [4.69, 9.17) is 0 Å². The van der Waals surface area contributed by atoms with Gasteiger partial charge in [-0.2, -0.15) is 0 Å². The van der Waals surface area contributed by atoms with Crippen molar-refractivity contribution in [3.05, 3.63) is 48.6 Å². The van der Waals surface area contributed by atoms with Crippen LogP contribution in [-0.2, 0) is 0 Å². The Kier molecular flexibility index (Phi) is 4.84. The van der Waals surface area contributed by atoms with Crippen molar-refractivity contribution in [1.29, 1.82) is 0 Å². The monoisotopic (exact) mass is 164 g/mol. The third kappa shape index (κ3) is 3.26. The van der Waals surface area contributed by atoms with Gasteiger partial charge in [0, 0.05) is 0 Å². The van der Waals surface area contributed by atoms with Gasteiger partial charge in [0.1, 0.15) is 0 Å². The molecule has 0 radical (unpaired) electrons. The molecule has 1 rings (SSSR count). The molecule has 1 aromatic rings. The van der Waals surface area contributed by atoms with Crippen LogP contribution in [-0.4, -0.2) is 0 Å². The topological polar surface area (TPSA) is 0 Å². The molecular weight excluding hydrogens is 151 g/mol. The average Bonchev–Trinajstić information content (AvgIpc) is 2.04. The van der Waals surface area contributed by atoms with E-state index in [2.05, 4.69) is 19.2 Å². The van der Waals surface area contributed by atoms with E-state index in [1.54, 1.807) is 0 Å². The third-order valence-electron chi connectivity index (χ3n) is 1.71. The zero-order valence-corrected chi connectivity index (χ0v) is 8.65. The zero-order chi connectivity index (χ0) is 9.14. The van der Waals surface area contributed by atoms with Crippen molar-refractivity contribution in [2.45, 2.75) is 13.8 Å². The van der Waals surface area contributed by atoms with Gasteiger partial charge in [-0.05, 0) is 0 Å². The first-order valence-corrected chi connectivity index (χ1v) is 3.95. The molecule has 0 saturated heterocycles. The van der Waals surface area contributed by atoms with Gasteiger partial charge < -0.3 is 0 Å². The summed E-state index contributed by atoms with van der Waals surface area (Å²) in [5.41, 5.74) is 4.21. The second-order valence-electron chi connectivity index (χ2n) is 3.04. The fourth-order valence-corrected chi connectivity index (χ4v) is 0.967. The quantitative estimate of drug-likeness (QED) is 0.442. The molecule has 0 unspecified atom stereocenters. The fourth-order valence-electron chi connectivity index (χ4n) is 0.967. The molecule has 1 aromatic carbocycles. The molecule has 0 aliphatic carbocycles. The first-order valence-electron chi connectivity index (χ1n) is 3.95. The Morgan fingerprint density at radius 3 is 1.77 bits per heavy atom. The summed E-state index contributed by atoms with van der Waals surface area (Å²) in [5, 5.41) is 0. The molecule has 0 fully saturated rings. The Hall–Kier alpha value is -0.703. The largest absolute Gasteiger partial charge is 1.00 e. The van der Waals surface area contributed by atoms with Crippen molar-refractivity contribution in [1.82, 2.24) is 0 Å². The van der Waals surface area contributed by atoms with Gasteiger partial charge in [-0.25, -0.2) is 0 Å². The molecule has 0 bridgehead atoms. The van der Waals surface area contributed by atoms with E-state index in [9.17, 15) is 0 Å². The molecule has 0 heterocycles. The maximum absolute atomic E-state index is 3.86. The average molecular weight is 164 g/mol. The van der Waals surface area contributed by atoms with Crippen LogP contribution in [0.4, 0.5) is 0 Å². The standard InChI is InChI=1S/C12H13.Li/c1-9(2)11-6-5-7-12(8-11)10(3)4;/h5-7H,1,3H2,2,4H3;/q-1;+1. The Morgan fingerprint density at radius 1 is 1.08 bits per heavy atom. The molecule has 0 aliphatic rings. The molecule has 0 nitrogen and oxygen atoms in total. The number of benzene rings is 1. The maximum Gasteiger partial charge on any atom is 1.00 e. The Balaban J connectivity index is 0.00000144. The summed E-state index contributed by atoms with van der Waals surface area (Å²) in [7, 11) is 0. The summed E-state index contributed by atoms with van der Waals surface area (Å²) < 4.78 is 0. The second kappa shape index (κ2) is 5.12. The van der Waals surface area contributed by atoms with Gasteiger partial charge in [0.05, 0.1) is 0 Å². The SMILES string of the molecule is C=C(C)c1[c-]c(C(=C)C)ccc1.[Li+]. The fraction of sp³-hybridized carbons (Fsp3) is 0.167. The minimum Gasteiger partial charge on any atom is -0.129 e. The summed E-state index contributed by atoms with van der Waals surface area (Å²) in [4.78, 5) is 0. The van der Waals surface area contributed by atoms with E-state index < -0.39 is 0 Å². The minimum atomic E-state index is 0. The van der Waals surface area contributed by atoms with Crippen LogP contribution in [0.25, 0.3) is 11.1 Å². The Bertz CT molecular complexity index is 294. The van der Waals surface area contributed by atoms with Crippen LogP contribution < -0.4 is 18.9 Å². The predicted molar refractivity (Wildman–Crippen MR) is 54.7 cm³/mol. The van der Waals surface area contributed by atoms with E-state index in [-0.39, 0.29) is 18.9 Å². The molecule has 0 saturated carbocycles. The van der Waals surface area contributed by atoms with Crippen LogP contribution in [0.15, 0.2) is 31.4 Å². The molecule has 13 heavy (non-hydrogen) atoms. The summed E-state index contributed by atoms with van der Waals surface area (Å²) >= 11 is 0. The van der Waals surface area contributed by atoms with Crippen LogP contribution in [0.3, 0.4) is 0 Å². The van der Waals surface area contributed by atoms with Crippen molar-refractivity contribution in [3.8, 4) is 0 Å². The molecule has 0 spiro atoms. The van der Waals surface area contributed by atoms with E-state index in [1.807, 2.05) is 32.0 Å². The van der Waals surface area contributed by atoms with E-state index in [0.717, 1.165) is 22.3 Å². The summed E-state index contributed by atoms with van der Waals surface area (Å²) in [6.45, 7) is 11.7. The van der Waals surface area contributed by atoms with Gasteiger partial charge in [-0.1, -0.05) is 13.8 Å². The van der Waals surface area contributed by atoms with E-state index >= 15 is 0 Å². The second-order valence-corrected chi connectivity index (χ2v) is 3.04. The number of hydrogen-bond acceptors (Lipinski definition) is 0. The van der Waals surface area contributed by atoms with Gasteiger partial charge in [0.2, 0.25) is 0 Å². The molecule has 0 aliphatic heterocycles. The smallest absolute Gasteiger partial charge is 0.129 e. The van der Waals surface area contributed by atoms with Gasteiger partial charge in [0.25, 0.3) is 0 Å². The normalized spacial score (nSPS) is 8.77. The van der Waals surface area contributed by atoms with Crippen molar-refractivity contribution in [2.75, 3.05) is 0 Å². The predicted octanol–water partition coefficient (Wildman–Crippen LogP) is 0.557. The zero-order valence-electron chi connectivity index (χ0n) is 8.65. The molecular formula is C12H13Li. The van der Waals surface area contributed by atoms with E-state index in [1.165, 1.54) is 0 Å². The van der Waals surface area contributed by atoms with Crippen LogP contribution >= 0.6 is 0 Å². The van der Waals surface area contributed by atoms with Gasteiger partial charge in [-0.3, -0.25) is 0 Å². The minimum absolute atomic E-state index is 0. The van der Waals surface area contributed by atoms with Crippen LogP contribution in [0, 0.1) is 6.07 Å². The number of hydrogen-bond donors (Lipinski definition) is 0. The van der Waals surface area contributed by atoms with Crippen molar-refractivity contribution < 1.29 is 18.9 Å². The molecule has 1 heteroatoms. The van der Waals surface area contributed by atoms with Crippen molar-refractivity contribution >= 4 is 11.1 Å². The first-order chi connectivity index (χ1) is 5.61. The molecule has 0 amide bonds. The maximum atomic E-state index is 3.86. The molecule has 62 valence electrons. The van der Waals surface area contributed by atoms with Crippen LogP contribution in [0.2, 0.25) is 0 Å². The van der Waals surface area contributed by atoms with Gasteiger partial charge >= 0.3 is 18.9 Å². The molecule has 0 atom stereocenters. The summed E-state index contributed by atoms with van der Waals surface area (Å²) in [5.74, 6) is 0. The summed E-state index contributed by atoms with van der Waals surface area (Å²) in [6, 6.07) is 9.27. The van der Waals surface area contributed by atoms with Crippen LogP contribution in [0.5, 0.6) is 0 Å². The Labute approximate surface area is 92.5 Å². The molecule has 0 aromatic heterocycles. The van der Waals surface area contributed by atoms with Crippen molar-refractivity contribution in [3.63, 3.8) is 0 Å². The third-order valence-corrected chi connectivity index (χ3v) is 1.71. The van der Waals surface area contributed by atoms with Crippen LogP contribution in [0.1, 0.15) is 25.0 Å². The van der Waals surface area contributed by atoms with Gasteiger partial charge in [0.15, 0.2) is 0 Å². The van der Waals surface area contributed by atoms with E-state index in [0.29, 0.717) is 0 Å². The van der Waals surface area contributed by atoms with Gasteiger partial charge in [-0.15, -0.1) is 59.7 Å². The Morgan fingerprint density at radius 2 is 1.46 bits per heavy atom. The summed E-state index contributed by atoms with van der Waals surface area (Å²) in [6.07, 6.45) is 0. The molecule has 0 N–H and O–H groups in total. The van der Waals surface area contributed by atoms with Crippen molar-refractivity contribution in [2.24, 2.45) is 0 Å². The number of rotatable bonds is 2.